The van der Waals surface area contributed by atoms with E-state index < -0.39 is 17.5 Å². The number of carbonyl (C=O) groups is 3. The minimum absolute atomic E-state index is 0.165. The standard InChI is InChI=1S/C22H24F2N4O3/c23-17-1-2-18(19(24)13-17)22(31)28-11-6-16(7-12-28)21(30)26-10-5-20(29)27-14-15-3-8-25-9-4-15/h1-4,8-9,13,16H,5-7,10-12,14H2,(H,26,30)(H,27,29). The van der Waals surface area contributed by atoms with Gasteiger partial charge in [-0.3, -0.25) is 19.4 Å². The van der Waals surface area contributed by atoms with E-state index in [0.717, 1.165) is 17.7 Å². The van der Waals surface area contributed by atoms with E-state index >= 15 is 0 Å². The van der Waals surface area contributed by atoms with Gasteiger partial charge in [-0.15, -0.1) is 0 Å². The molecule has 0 bridgehead atoms. The van der Waals surface area contributed by atoms with Crippen molar-refractivity contribution in [3.05, 3.63) is 65.5 Å². The largest absolute Gasteiger partial charge is 0.355 e. The smallest absolute Gasteiger partial charge is 0.256 e. The van der Waals surface area contributed by atoms with Gasteiger partial charge >= 0.3 is 0 Å². The lowest BCUT2D eigenvalue weighted by Crippen LogP contribution is -2.43. The Balaban J connectivity index is 1.37. The van der Waals surface area contributed by atoms with Crippen LogP contribution in [0.4, 0.5) is 8.78 Å². The van der Waals surface area contributed by atoms with Gasteiger partial charge in [-0.1, -0.05) is 0 Å². The normalized spacial score (nSPS) is 14.2. The summed E-state index contributed by atoms with van der Waals surface area (Å²) in [7, 11) is 0. The molecule has 3 amide bonds. The molecule has 1 aliphatic heterocycles. The molecule has 0 unspecified atom stereocenters. The Morgan fingerprint density at radius 1 is 1.03 bits per heavy atom. The van der Waals surface area contributed by atoms with Gasteiger partial charge in [0.25, 0.3) is 5.91 Å². The highest BCUT2D eigenvalue weighted by molar-refractivity contribution is 5.94. The number of pyridine rings is 1. The zero-order valence-corrected chi connectivity index (χ0v) is 16.9. The molecule has 0 aliphatic carbocycles. The van der Waals surface area contributed by atoms with Crippen molar-refractivity contribution in [1.82, 2.24) is 20.5 Å². The molecule has 1 fully saturated rings. The molecule has 0 atom stereocenters. The molecule has 9 heteroatoms. The van der Waals surface area contributed by atoms with E-state index in [-0.39, 0.29) is 36.3 Å². The van der Waals surface area contributed by atoms with Crippen LogP contribution in [0.25, 0.3) is 0 Å². The average molecular weight is 430 g/mol. The van der Waals surface area contributed by atoms with Crippen molar-refractivity contribution in [1.29, 1.82) is 0 Å². The molecule has 3 rings (SSSR count). The van der Waals surface area contributed by atoms with Crippen LogP contribution in [0.3, 0.4) is 0 Å². The maximum atomic E-state index is 13.8. The summed E-state index contributed by atoms with van der Waals surface area (Å²) in [6.45, 7) is 1.23. The first-order valence-corrected chi connectivity index (χ1v) is 10.1. The number of amides is 3. The second-order valence-corrected chi connectivity index (χ2v) is 7.36. The molecule has 1 saturated heterocycles. The summed E-state index contributed by atoms with van der Waals surface area (Å²) in [5.74, 6) is -2.76. The molecule has 1 aromatic carbocycles. The molecule has 1 aliphatic rings. The van der Waals surface area contributed by atoms with Crippen molar-refractivity contribution < 1.29 is 23.2 Å². The molecule has 31 heavy (non-hydrogen) atoms. The third-order valence-electron chi connectivity index (χ3n) is 5.20. The van der Waals surface area contributed by atoms with Crippen LogP contribution in [0.15, 0.2) is 42.7 Å². The van der Waals surface area contributed by atoms with Crippen LogP contribution in [-0.2, 0) is 16.1 Å². The van der Waals surface area contributed by atoms with E-state index in [2.05, 4.69) is 15.6 Å². The Hall–Kier alpha value is -3.36. The number of likely N-dealkylation sites (tertiary alicyclic amines) is 1. The number of piperidine rings is 1. The van der Waals surface area contributed by atoms with Crippen LogP contribution in [-0.4, -0.2) is 47.2 Å². The molecule has 0 saturated carbocycles. The van der Waals surface area contributed by atoms with E-state index in [1.165, 1.54) is 4.90 Å². The maximum Gasteiger partial charge on any atom is 0.256 e. The number of nitrogens with zero attached hydrogens (tertiary/aromatic N) is 2. The van der Waals surface area contributed by atoms with Crippen LogP contribution in [0.1, 0.15) is 35.2 Å². The zero-order valence-electron chi connectivity index (χ0n) is 16.9. The molecular weight excluding hydrogens is 406 g/mol. The van der Waals surface area contributed by atoms with Crippen molar-refractivity contribution in [2.45, 2.75) is 25.8 Å². The first-order chi connectivity index (χ1) is 14.9. The van der Waals surface area contributed by atoms with Gasteiger partial charge in [0, 0.05) is 57.0 Å². The van der Waals surface area contributed by atoms with E-state index in [1.54, 1.807) is 12.4 Å². The van der Waals surface area contributed by atoms with Gasteiger partial charge in [0.05, 0.1) is 5.56 Å². The van der Waals surface area contributed by atoms with Crippen molar-refractivity contribution in [2.24, 2.45) is 5.92 Å². The molecular formula is C22H24F2N4O3. The van der Waals surface area contributed by atoms with Crippen molar-refractivity contribution in [2.75, 3.05) is 19.6 Å². The molecule has 164 valence electrons. The molecule has 0 spiro atoms. The third kappa shape index (κ3) is 6.31. The average Bonchev–Trinajstić information content (AvgIpc) is 2.78. The van der Waals surface area contributed by atoms with Crippen molar-refractivity contribution in [3.63, 3.8) is 0 Å². The molecule has 2 heterocycles. The van der Waals surface area contributed by atoms with Crippen molar-refractivity contribution in [3.8, 4) is 0 Å². The lowest BCUT2D eigenvalue weighted by molar-refractivity contribution is -0.126. The molecule has 0 radical (unpaired) electrons. The molecule has 2 N–H and O–H groups in total. The van der Waals surface area contributed by atoms with E-state index in [1.807, 2.05) is 12.1 Å². The van der Waals surface area contributed by atoms with Gasteiger partial charge in [-0.2, -0.15) is 0 Å². The van der Waals surface area contributed by atoms with Gasteiger partial charge in [0.15, 0.2) is 0 Å². The fraction of sp³-hybridized carbons (Fsp3) is 0.364. The number of nitrogens with one attached hydrogen (secondary N) is 2. The van der Waals surface area contributed by atoms with Gasteiger partial charge in [0.2, 0.25) is 11.8 Å². The summed E-state index contributed by atoms with van der Waals surface area (Å²) in [6.07, 6.45) is 4.34. The molecule has 2 aromatic rings. The van der Waals surface area contributed by atoms with Gasteiger partial charge in [0.1, 0.15) is 11.6 Å². The van der Waals surface area contributed by atoms with Gasteiger partial charge < -0.3 is 15.5 Å². The number of halogens is 2. The van der Waals surface area contributed by atoms with Crippen LogP contribution in [0.5, 0.6) is 0 Å². The molecule has 7 nitrogen and oxygen atoms in total. The predicted molar refractivity (Wildman–Crippen MR) is 109 cm³/mol. The summed E-state index contributed by atoms with van der Waals surface area (Å²) in [4.78, 5) is 42.1. The Morgan fingerprint density at radius 2 is 1.74 bits per heavy atom. The van der Waals surface area contributed by atoms with Crippen LogP contribution >= 0.6 is 0 Å². The van der Waals surface area contributed by atoms with Crippen LogP contribution in [0, 0.1) is 17.6 Å². The van der Waals surface area contributed by atoms with Crippen LogP contribution < -0.4 is 10.6 Å². The second kappa shape index (κ2) is 10.6. The summed E-state index contributed by atoms with van der Waals surface area (Å²) in [5, 5.41) is 5.54. The van der Waals surface area contributed by atoms with Gasteiger partial charge in [-0.05, 0) is 42.7 Å². The fourth-order valence-corrected chi connectivity index (χ4v) is 3.41. The Morgan fingerprint density at radius 3 is 2.42 bits per heavy atom. The van der Waals surface area contributed by atoms with E-state index in [9.17, 15) is 23.2 Å². The minimum atomic E-state index is -0.896. The second-order valence-electron chi connectivity index (χ2n) is 7.36. The zero-order chi connectivity index (χ0) is 22.2. The summed E-state index contributed by atoms with van der Waals surface area (Å²) in [5.41, 5.74) is 0.760. The first kappa shape index (κ1) is 22.3. The summed E-state index contributed by atoms with van der Waals surface area (Å²) in [6, 6.07) is 6.48. The first-order valence-electron chi connectivity index (χ1n) is 10.1. The molecule has 1 aromatic heterocycles. The van der Waals surface area contributed by atoms with Crippen LogP contribution in [0.2, 0.25) is 0 Å². The predicted octanol–water partition coefficient (Wildman–Crippen LogP) is 2.03. The van der Waals surface area contributed by atoms with Gasteiger partial charge in [-0.25, -0.2) is 8.78 Å². The number of hydrogen-bond donors (Lipinski definition) is 2. The Bertz CT molecular complexity index is 932. The SMILES string of the molecule is O=C(CCNC(=O)C1CCN(C(=O)c2ccc(F)cc2F)CC1)NCc1ccncc1. The monoisotopic (exact) mass is 430 g/mol. The van der Waals surface area contributed by atoms with Crippen molar-refractivity contribution >= 4 is 17.7 Å². The van der Waals surface area contributed by atoms with E-state index in [4.69, 9.17) is 0 Å². The highest BCUT2D eigenvalue weighted by Gasteiger charge is 2.28. The topological polar surface area (TPSA) is 91.4 Å². The highest BCUT2D eigenvalue weighted by atomic mass is 19.1. The lowest BCUT2D eigenvalue weighted by atomic mass is 9.95. The quantitative estimate of drug-likeness (QED) is 0.703. The third-order valence-corrected chi connectivity index (χ3v) is 5.20. The highest BCUT2D eigenvalue weighted by Crippen LogP contribution is 2.20. The van der Waals surface area contributed by atoms with E-state index in [0.29, 0.717) is 38.5 Å². The lowest BCUT2D eigenvalue weighted by Gasteiger charge is -2.31. The number of rotatable bonds is 7. The maximum absolute atomic E-state index is 13.8. The summed E-state index contributed by atoms with van der Waals surface area (Å²) >= 11 is 0. The Labute approximate surface area is 178 Å². The minimum Gasteiger partial charge on any atom is -0.355 e. The number of benzene rings is 1. The fourth-order valence-electron chi connectivity index (χ4n) is 3.41. The Kier molecular flexibility index (Phi) is 7.64. The number of hydrogen-bond acceptors (Lipinski definition) is 4. The number of carbonyl (C=O) groups excluding carboxylic acids is 3. The number of aromatic nitrogens is 1. The summed E-state index contributed by atoms with van der Waals surface area (Å²) < 4.78 is 26.9.